The minimum Gasteiger partial charge on any atom is -0.494 e. The average molecular weight is 425 g/mol. The van der Waals surface area contributed by atoms with Gasteiger partial charge in [0.2, 0.25) is 11.8 Å². The summed E-state index contributed by atoms with van der Waals surface area (Å²) < 4.78 is 5.76. The fourth-order valence-electron chi connectivity index (χ4n) is 3.38. The van der Waals surface area contributed by atoms with Crippen LogP contribution in [-0.4, -0.2) is 35.4 Å². The monoisotopic (exact) mass is 424 g/mol. The Labute approximate surface area is 186 Å². The summed E-state index contributed by atoms with van der Waals surface area (Å²) >= 11 is 0. The van der Waals surface area contributed by atoms with Crippen LogP contribution in [-0.2, 0) is 16.1 Å². The highest BCUT2D eigenvalue weighted by atomic mass is 16.5. The fourth-order valence-corrected chi connectivity index (χ4v) is 3.38. The molecule has 0 saturated carbocycles. The Balaban J connectivity index is 2.04. The van der Waals surface area contributed by atoms with Crippen molar-refractivity contribution in [1.29, 1.82) is 0 Å². The number of benzene rings is 2. The Hall–Kier alpha value is -2.82. The molecule has 0 bridgehead atoms. The van der Waals surface area contributed by atoms with Crippen LogP contribution in [0.2, 0.25) is 0 Å². The summed E-state index contributed by atoms with van der Waals surface area (Å²) in [6.45, 7) is 10.7. The summed E-state index contributed by atoms with van der Waals surface area (Å²) in [5.74, 6) is 0.671. The van der Waals surface area contributed by atoms with E-state index in [1.165, 1.54) is 11.1 Å². The van der Waals surface area contributed by atoms with Crippen LogP contribution in [0, 0.1) is 13.8 Å². The van der Waals surface area contributed by atoms with Gasteiger partial charge in [-0.25, -0.2) is 0 Å². The first kappa shape index (κ1) is 24.4. The number of nitrogens with zero attached hydrogens (tertiary/aromatic N) is 1. The van der Waals surface area contributed by atoms with Gasteiger partial charge in [-0.05, 0) is 58.2 Å². The van der Waals surface area contributed by atoms with Gasteiger partial charge in [0.05, 0.1) is 6.61 Å². The molecule has 2 amide bonds. The molecule has 1 N–H and O–H groups in total. The summed E-state index contributed by atoms with van der Waals surface area (Å²) in [6, 6.07) is 15.5. The lowest BCUT2D eigenvalue weighted by Crippen LogP contribution is -2.50. The molecule has 0 unspecified atom stereocenters. The molecular formula is C26H36N2O3. The number of aryl methyl sites for hydroxylation is 2. The number of carbonyl (C=O) groups excluding carboxylic acids is 2. The molecule has 2 aromatic rings. The summed E-state index contributed by atoms with van der Waals surface area (Å²) in [6.07, 6.45) is 1.50. The normalized spacial score (nSPS) is 11.8. The number of hydrogen-bond acceptors (Lipinski definition) is 3. The van der Waals surface area contributed by atoms with Crippen molar-refractivity contribution in [2.75, 3.05) is 6.61 Å². The predicted octanol–water partition coefficient (Wildman–Crippen LogP) is 4.79. The lowest BCUT2D eigenvalue weighted by Gasteiger charge is -2.31. The van der Waals surface area contributed by atoms with E-state index >= 15 is 0 Å². The summed E-state index contributed by atoms with van der Waals surface area (Å²) in [7, 11) is 0. The molecule has 0 aliphatic heterocycles. The summed E-state index contributed by atoms with van der Waals surface area (Å²) in [5.41, 5.74) is 3.37. The molecule has 0 saturated heterocycles. The van der Waals surface area contributed by atoms with E-state index in [0.29, 0.717) is 32.4 Å². The van der Waals surface area contributed by atoms with E-state index in [4.69, 9.17) is 4.74 Å². The molecule has 5 nitrogen and oxygen atoms in total. The first-order valence-electron chi connectivity index (χ1n) is 11.1. The van der Waals surface area contributed by atoms with Crippen LogP contribution in [0.15, 0.2) is 48.5 Å². The van der Waals surface area contributed by atoms with Crippen molar-refractivity contribution >= 4 is 11.8 Å². The molecule has 168 valence electrons. The molecule has 31 heavy (non-hydrogen) atoms. The van der Waals surface area contributed by atoms with Crippen LogP contribution in [0.25, 0.3) is 0 Å². The van der Waals surface area contributed by atoms with Crippen molar-refractivity contribution < 1.29 is 14.3 Å². The minimum atomic E-state index is -0.491. The summed E-state index contributed by atoms with van der Waals surface area (Å²) in [4.78, 5) is 27.7. The minimum absolute atomic E-state index is 0.0285. The van der Waals surface area contributed by atoms with Crippen molar-refractivity contribution in [2.24, 2.45) is 0 Å². The second-order valence-electron chi connectivity index (χ2n) is 8.36. The van der Waals surface area contributed by atoms with Crippen LogP contribution in [0.4, 0.5) is 0 Å². The van der Waals surface area contributed by atoms with Crippen LogP contribution in [0.1, 0.15) is 56.7 Å². The summed E-state index contributed by atoms with van der Waals surface area (Å²) in [5, 5.41) is 2.96. The van der Waals surface area contributed by atoms with E-state index in [0.717, 1.165) is 11.3 Å². The third kappa shape index (κ3) is 8.08. The van der Waals surface area contributed by atoms with Crippen molar-refractivity contribution in [3.8, 4) is 5.75 Å². The van der Waals surface area contributed by atoms with Crippen molar-refractivity contribution in [1.82, 2.24) is 10.2 Å². The second-order valence-corrected chi connectivity index (χ2v) is 8.36. The molecule has 0 heterocycles. The van der Waals surface area contributed by atoms with Gasteiger partial charge >= 0.3 is 0 Å². The van der Waals surface area contributed by atoms with Gasteiger partial charge in [-0.1, -0.05) is 54.4 Å². The van der Waals surface area contributed by atoms with Gasteiger partial charge in [-0.2, -0.15) is 0 Å². The quantitative estimate of drug-likeness (QED) is 0.528. The predicted molar refractivity (Wildman–Crippen MR) is 125 cm³/mol. The second kappa shape index (κ2) is 12.1. The molecule has 2 rings (SSSR count). The van der Waals surface area contributed by atoms with Gasteiger partial charge in [-0.3, -0.25) is 9.59 Å². The molecule has 0 radical (unpaired) electrons. The zero-order valence-electron chi connectivity index (χ0n) is 19.5. The van der Waals surface area contributed by atoms with Crippen LogP contribution < -0.4 is 10.1 Å². The third-order valence-corrected chi connectivity index (χ3v) is 5.12. The van der Waals surface area contributed by atoms with Crippen LogP contribution >= 0.6 is 0 Å². The maximum Gasteiger partial charge on any atom is 0.243 e. The Morgan fingerprint density at radius 1 is 0.968 bits per heavy atom. The number of carbonyl (C=O) groups is 2. The lowest BCUT2D eigenvalue weighted by atomic mass is 10.1. The molecule has 1 atom stereocenters. The van der Waals surface area contributed by atoms with Crippen molar-refractivity contribution in [3.63, 3.8) is 0 Å². The zero-order chi connectivity index (χ0) is 22.8. The molecule has 0 aromatic heterocycles. The Morgan fingerprint density at radius 3 is 2.10 bits per heavy atom. The van der Waals surface area contributed by atoms with Gasteiger partial charge < -0.3 is 15.0 Å². The number of rotatable bonds is 11. The number of amides is 2. The maximum absolute atomic E-state index is 13.2. The van der Waals surface area contributed by atoms with E-state index in [2.05, 4.69) is 5.32 Å². The highest BCUT2D eigenvalue weighted by Gasteiger charge is 2.28. The molecule has 0 spiro atoms. The Morgan fingerprint density at radius 2 is 1.55 bits per heavy atom. The van der Waals surface area contributed by atoms with E-state index in [-0.39, 0.29) is 17.9 Å². The molecule has 0 aliphatic rings. The van der Waals surface area contributed by atoms with Gasteiger partial charge in [0.25, 0.3) is 0 Å². The first-order valence-corrected chi connectivity index (χ1v) is 11.1. The molecular weight excluding hydrogens is 388 g/mol. The van der Waals surface area contributed by atoms with E-state index in [1.807, 2.05) is 83.1 Å². The zero-order valence-corrected chi connectivity index (χ0v) is 19.5. The Kier molecular flexibility index (Phi) is 9.57. The largest absolute Gasteiger partial charge is 0.494 e. The SMILES string of the molecule is CC[C@H](C(=O)NC(C)C)N(Cc1ccc(C)cc1)C(=O)CCCOc1ccc(C)cc1. The van der Waals surface area contributed by atoms with Crippen molar-refractivity contribution in [2.45, 2.75) is 72.5 Å². The van der Waals surface area contributed by atoms with E-state index in [9.17, 15) is 9.59 Å². The standard InChI is InChI=1S/C26H36N2O3/c1-6-24(26(30)27-19(2)3)28(18-22-13-9-20(4)10-14-22)25(29)8-7-17-31-23-15-11-21(5)12-16-23/h9-16,19,24H,6-8,17-18H2,1-5H3,(H,27,30)/t24-/m1/s1. The highest BCUT2D eigenvalue weighted by molar-refractivity contribution is 5.87. The van der Waals surface area contributed by atoms with Crippen LogP contribution in [0.5, 0.6) is 5.75 Å². The number of nitrogens with one attached hydrogen (secondary N) is 1. The fraction of sp³-hybridized carbons (Fsp3) is 0.462. The molecule has 0 aliphatic carbocycles. The molecule has 2 aromatic carbocycles. The van der Waals surface area contributed by atoms with E-state index < -0.39 is 6.04 Å². The number of hydrogen-bond donors (Lipinski definition) is 1. The highest BCUT2D eigenvalue weighted by Crippen LogP contribution is 2.16. The van der Waals surface area contributed by atoms with Gasteiger partial charge in [0, 0.05) is 19.0 Å². The average Bonchev–Trinajstić information content (AvgIpc) is 2.73. The maximum atomic E-state index is 13.2. The number of ether oxygens (including phenoxy) is 1. The van der Waals surface area contributed by atoms with Gasteiger partial charge in [-0.15, -0.1) is 0 Å². The molecule has 5 heteroatoms. The smallest absolute Gasteiger partial charge is 0.243 e. The Bertz CT molecular complexity index is 829. The lowest BCUT2D eigenvalue weighted by molar-refractivity contribution is -0.141. The third-order valence-electron chi connectivity index (χ3n) is 5.12. The first-order chi connectivity index (χ1) is 14.8. The van der Waals surface area contributed by atoms with E-state index in [1.54, 1.807) is 4.90 Å². The molecule has 0 fully saturated rings. The van der Waals surface area contributed by atoms with Gasteiger partial charge in [0.1, 0.15) is 11.8 Å². The van der Waals surface area contributed by atoms with Gasteiger partial charge in [0.15, 0.2) is 0 Å². The van der Waals surface area contributed by atoms with Crippen molar-refractivity contribution in [3.05, 3.63) is 65.2 Å². The topological polar surface area (TPSA) is 58.6 Å². The van der Waals surface area contributed by atoms with Crippen LogP contribution in [0.3, 0.4) is 0 Å².